The summed E-state index contributed by atoms with van der Waals surface area (Å²) in [6.07, 6.45) is 0. The molecule has 0 aromatic heterocycles. The Hall–Kier alpha value is -2.36. The lowest BCUT2D eigenvalue weighted by Crippen LogP contribution is -2.05. The third-order valence-corrected chi connectivity index (χ3v) is 5.24. The van der Waals surface area contributed by atoms with E-state index < -0.39 is 0 Å². The Bertz CT molecular complexity index is 989. The van der Waals surface area contributed by atoms with Gasteiger partial charge in [-0.2, -0.15) is 0 Å². The summed E-state index contributed by atoms with van der Waals surface area (Å²) in [5.41, 5.74) is 5.60. The molecular weight excluding hydrogens is 405 g/mol. The van der Waals surface area contributed by atoms with E-state index in [0.29, 0.717) is 41.3 Å². The zero-order valence-corrected chi connectivity index (χ0v) is 18.4. The van der Waals surface area contributed by atoms with Crippen molar-refractivity contribution < 1.29 is 9.47 Å². The van der Waals surface area contributed by atoms with Crippen molar-refractivity contribution in [2.45, 2.75) is 33.9 Å². The van der Waals surface area contributed by atoms with Gasteiger partial charge in [0, 0.05) is 17.3 Å². The number of hydrogen-bond donors (Lipinski definition) is 1. The van der Waals surface area contributed by atoms with Crippen LogP contribution in [-0.2, 0) is 13.2 Å². The van der Waals surface area contributed by atoms with E-state index in [2.05, 4.69) is 37.4 Å². The first-order valence-corrected chi connectivity index (χ1v) is 10.4. The Morgan fingerprint density at radius 3 is 2.45 bits per heavy atom. The normalized spacial score (nSPS) is 10.7. The van der Waals surface area contributed by atoms with E-state index in [1.807, 2.05) is 43.3 Å². The van der Waals surface area contributed by atoms with Crippen LogP contribution in [0.15, 0.2) is 54.6 Å². The van der Waals surface area contributed by atoms with Crippen LogP contribution in [-0.4, -0.2) is 6.61 Å². The number of ether oxygens (including phenoxy) is 2. The highest BCUT2D eigenvalue weighted by Gasteiger charge is 2.13. The number of hydrogen-bond acceptors (Lipinski definition) is 3. The SMILES string of the molecule is CCOc1cc(CNc2cccc(C)c2C)cc(Cl)c1OCc1cccc(Cl)c1. The van der Waals surface area contributed by atoms with Crippen molar-refractivity contribution in [2.75, 3.05) is 11.9 Å². The monoisotopic (exact) mass is 429 g/mol. The summed E-state index contributed by atoms with van der Waals surface area (Å²) in [6, 6.07) is 17.7. The molecule has 1 N–H and O–H groups in total. The number of rotatable bonds is 8. The molecule has 5 heteroatoms. The third-order valence-electron chi connectivity index (χ3n) is 4.73. The standard InChI is InChI=1S/C24H25Cl2NO2/c1-4-28-23-13-19(14-27-22-10-5-7-16(2)17(22)3)12-21(26)24(23)29-15-18-8-6-9-20(25)11-18/h5-13,27H,4,14-15H2,1-3H3. The van der Waals surface area contributed by atoms with E-state index in [4.69, 9.17) is 32.7 Å². The van der Waals surface area contributed by atoms with Crippen molar-refractivity contribution in [3.05, 3.63) is 86.9 Å². The number of nitrogens with one attached hydrogen (secondary N) is 1. The van der Waals surface area contributed by atoms with Crippen molar-refractivity contribution in [1.29, 1.82) is 0 Å². The second kappa shape index (κ2) is 9.91. The summed E-state index contributed by atoms with van der Waals surface area (Å²) in [5, 5.41) is 4.68. The summed E-state index contributed by atoms with van der Waals surface area (Å²) >= 11 is 12.6. The molecule has 0 unspecified atom stereocenters. The Balaban J connectivity index is 1.77. The van der Waals surface area contributed by atoms with Gasteiger partial charge in [0.1, 0.15) is 6.61 Å². The maximum Gasteiger partial charge on any atom is 0.180 e. The lowest BCUT2D eigenvalue weighted by Gasteiger charge is -2.17. The average molecular weight is 430 g/mol. The molecule has 0 saturated carbocycles. The molecule has 3 nitrogen and oxygen atoms in total. The van der Waals surface area contributed by atoms with Crippen LogP contribution in [0, 0.1) is 13.8 Å². The van der Waals surface area contributed by atoms with Crippen LogP contribution in [0.2, 0.25) is 10.0 Å². The van der Waals surface area contributed by atoms with Crippen LogP contribution in [0.1, 0.15) is 29.2 Å². The fourth-order valence-electron chi connectivity index (χ4n) is 3.05. The molecule has 152 valence electrons. The van der Waals surface area contributed by atoms with Crippen LogP contribution in [0.4, 0.5) is 5.69 Å². The molecule has 3 rings (SSSR count). The van der Waals surface area contributed by atoms with Gasteiger partial charge in [0.25, 0.3) is 0 Å². The van der Waals surface area contributed by atoms with Gasteiger partial charge in [-0.05, 0) is 73.4 Å². The molecular formula is C24H25Cl2NO2. The zero-order chi connectivity index (χ0) is 20.8. The number of halogens is 2. The van der Waals surface area contributed by atoms with E-state index >= 15 is 0 Å². The van der Waals surface area contributed by atoms with Crippen molar-refractivity contribution in [2.24, 2.45) is 0 Å². The minimum Gasteiger partial charge on any atom is -0.490 e. The van der Waals surface area contributed by atoms with Crippen LogP contribution >= 0.6 is 23.2 Å². The second-order valence-electron chi connectivity index (χ2n) is 6.86. The molecule has 0 bridgehead atoms. The lowest BCUT2D eigenvalue weighted by atomic mass is 10.1. The minimum absolute atomic E-state index is 0.362. The number of aryl methyl sites for hydroxylation is 1. The van der Waals surface area contributed by atoms with Gasteiger partial charge in [-0.25, -0.2) is 0 Å². The summed E-state index contributed by atoms with van der Waals surface area (Å²) in [7, 11) is 0. The van der Waals surface area contributed by atoms with Crippen molar-refractivity contribution in [1.82, 2.24) is 0 Å². The quantitative estimate of drug-likeness (QED) is 0.410. The predicted molar refractivity (Wildman–Crippen MR) is 122 cm³/mol. The molecule has 0 spiro atoms. The Kier molecular flexibility index (Phi) is 7.29. The van der Waals surface area contributed by atoms with E-state index in [1.54, 1.807) is 0 Å². The molecule has 0 aliphatic heterocycles. The fourth-order valence-corrected chi connectivity index (χ4v) is 3.55. The summed E-state index contributed by atoms with van der Waals surface area (Å²) in [6.45, 7) is 7.69. The molecule has 0 radical (unpaired) electrons. The van der Waals surface area contributed by atoms with E-state index in [-0.39, 0.29) is 0 Å². The van der Waals surface area contributed by atoms with E-state index in [9.17, 15) is 0 Å². The van der Waals surface area contributed by atoms with Crippen LogP contribution in [0.5, 0.6) is 11.5 Å². The Morgan fingerprint density at radius 2 is 1.69 bits per heavy atom. The second-order valence-corrected chi connectivity index (χ2v) is 7.70. The first kappa shape index (κ1) is 21.4. The van der Waals surface area contributed by atoms with Crippen LogP contribution in [0.3, 0.4) is 0 Å². The molecule has 0 saturated heterocycles. The molecule has 0 atom stereocenters. The summed E-state index contributed by atoms with van der Waals surface area (Å²) < 4.78 is 11.8. The van der Waals surface area contributed by atoms with Gasteiger partial charge in [0.15, 0.2) is 11.5 Å². The van der Waals surface area contributed by atoms with Gasteiger partial charge in [-0.3, -0.25) is 0 Å². The molecule has 29 heavy (non-hydrogen) atoms. The van der Waals surface area contributed by atoms with Gasteiger partial charge >= 0.3 is 0 Å². The Labute approximate surface area is 182 Å². The van der Waals surface area contributed by atoms with Crippen molar-refractivity contribution in [3.63, 3.8) is 0 Å². The van der Waals surface area contributed by atoms with Gasteiger partial charge in [0.2, 0.25) is 0 Å². The maximum absolute atomic E-state index is 6.55. The fraction of sp³-hybridized carbons (Fsp3) is 0.250. The Morgan fingerprint density at radius 1 is 0.897 bits per heavy atom. The predicted octanol–water partition coefficient (Wildman–Crippen LogP) is 7.20. The topological polar surface area (TPSA) is 30.5 Å². The zero-order valence-electron chi connectivity index (χ0n) is 16.9. The first-order valence-electron chi connectivity index (χ1n) is 9.60. The van der Waals surface area contributed by atoms with Gasteiger partial charge in [-0.15, -0.1) is 0 Å². The van der Waals surface area contributed by atoms with Gasteiger partial charge in [-0.1, -0.05) is 47.5 Å². The minimum atomic E-state index is 0.362. The molecule has 3 aromatic carbocycles. The van der Waals surface area contributed by atoms with Crippen molar-refractivity contribution >= 4 is 28.9 Å². The van der Waals surface area contributed by atoms with E-state index in [1.165, 1.54) is 11.1 Å². The molecule has 0 aliphatic rings. The van der Waals surface area contributed by atoms with Crippen LogP contribution in [0.25, 0.3) is 0 Å². The highest BCUT2D eigenvalue weighted by Crippen LogP contribution is 2.37. The molecule has 0 aliphatic carbocycles. The summed E-state index contributed by atoms with van der Waals surface area (Å²) in [5.74, 6) is 1.18. The third kappa shape index (κ3) is 5.59. The largest absolute Gasteiger partial charge is 0.490 e. The summed E-state index contributed by atoms with van der Waals surface area (Å²) in [4.78, 5) is 0. The van der Waals surface area contributed by atoms with Crippen molar-refractivity contribution in [3.8, 4) is 11.5 Å². The first-order chi connectivity index (χ1) is 14.0. The smallest absolute Gasteiger partial charge is 0.180 e. The number of anilines is 1. The number of benzene rings is 3. The average Bonchev–Trinajstić information content (AvgIpc) is 2.69. The maximum atomic E-state index is 6.55. The van der Waals surface area contributed by atoms with E-state index in [0.717, 1.165) is 16.8 Å². The van der Waals surface area contributed by atoms with Crippen LogP contribution < -0.4 is 14.8 Å². The molecule has 0 amide bonds. The lowest BCUT2D eigenvalue weighted by molar-refractivity contribution is 0.269. The molecule has 3 aromatic rings. The molecule has 0 fully saturated rings. The highest BCUT2D eigenvalue weighted by molar-refractivity contribution is 6.32. The van der Waals surface area contributed by atoms with Gasteiger partial charge in [0.05, 0.1) is 11.6 Å². The molecule has 0 heterocycles. The highest BCUT2D eigenvalue weighted by atomic mass is 35.5. The van der Waals surface area contributed by atoms with Gasteiger partial charge < -0.3 is 14.8 Å².